The van der Waals surface area contributed by atoms with Crippen LogP contribution in [0.2, 0.25) is 0 Å². The van der Waals surface area contributed by atoms with Gasteiger partial charge in [-0.05, 0) is 42.8 Å². The van der Waals surface area contributed by atoms with E-state index in [1.165, 1.54) is 12.8 Å². The molecule has 0 aliphatic heterocycles. The maximum absolute atomic E-state index is 12.7. The number of ether oxygens (including phenoxy) is 1. The van der Waals surface area contributed by atoms with Crippen LogP contribution in [-0.2, 0) is 0 Å². The fraction of sp³-hybridized carbons (Fsp3) is 0.391. The van der Waals surface area contributed by atoms with Gasteiger partial charge >= 0.3 is 0 Å². The standard InChI is InChI=1S/C23H30N2O2S/c1-3-5-6-12-17-27-21-16-11-10-15-19(21)22(26)25-23(28)24-20(4-2)18-13-8-7-9-14-18/h7-11,13-16,20H,3-6,12,17H2,1-2H3,(H2,24,25,26,28). The summed E-state index contributed by atoms with van der Waals surface area (Å²) >= 11 is 5.37. The van der Waals surface area contributed by atoms with E-state index in [9.17, 15) is 4.79 Å². The second kappa shape index (κ2) is 12.1. The van der Waals surface area contributed by atoms with Crippen LogP contribution >= 0.6 is 12.2 Å². The van der Waals surface area contributed by atoms with Crippen LogP contribution in [0.15, 0.2) is 54.6 Å². The smallest absolute Gasteiger partial charge is 0.261 e. The Morgan fingerprint density at radius 2 is 1.71 bits per heavy atom. The normalized spacial score (nSPS) is 11.5. The molecule has 1 atom stereocenters. The van der Waals surface area contributed by atoms with Gasteiger partial charge in [-0.25, -0.2) is 0 Å². The van der Waals surface area contributed by atoms with E-state index >= 15 is 0 Å². The van der Waals surface area contributed by atoms with Crippen molar-refractivity contribution in [1.82, 2.24) is 10.6 Å². The van der Waals surface area contributed by atoms with Crippen LogP contribution in [0, 0.1) is 0 Å². The van der Waals surface area contributed by atoms with Gasteiger partial charge in [0, 0.05) is 0 Å². The topological polar surface area (TPSA) is 50.4 Å². The molecular formula is C23H30N2O2S. The minimum Gasteiger partial charge on any atom is -0.493 e. The predicted octanol–water partition coefficient (Wildman–Crippen LogP) is 5.40. The number of hydrogen-bond acceptors (Lipinski definition) is 3. The number of carbonyl (C=O) groups is 1. The number of para-hydroxylation sites is 1. The van der Waals surface area contributed by atoms with Crippen LogP contribution in [0.1, 0.15) is 67.9 Å². The minimum absolute atomic E-state index is 0.0547. The molecule has 28 heavy (non-hydrogen) atoms. The maximum Gasteiger partial charge on any atom is 0.261 e. The summed E-state index contributed by atoms with van der Waals surface area (Å²) < 4.78 is 5.83. The number of benzene rings is 2. The summed E-state index contributed by atoms with van der Waals surface area (Å²) in [6.07, 6.45) is 5.36. The zero-order valence-corrected chi connectivity index (χ0v) is 17.6. The lowest BCUT2D eigenvalue weighted by Gasteiger charge is -2.20. The highest BCUT2D eigenvalue weighted by atomic mass is 32.1. The lowest BCUT2D eigenvalue weighted by molar-refractivity contribution is 0.0972. The Bertz CT molecular complexity index is 749. The number of carbonyl (C=O) groups excluding carboxylic acids is 1. The van der Waals surface area contributed by atoms with Crippen LogP contribution in [0.3, 0.4) is 0 Å². The van der Waals surface area contributed by atoms with E-state index < -0.39 is 0 Å². The molecule has 0 saturated carbocycles. The molecule has 0 bridgehead atoms. The van der Waals surface area contributed by atoms with E-state index in [1.54, 1.807) is 6.07 Å². The Balaban J connectivity index is 1.93. The molecule has 0 heterocycles. The van der Waals surface area contributed by atoms with E-state index in [-0.39, 0.29) is 11.9 Å². The van der Waals surface area contributed by atoms with E-state index in [1.807, 2.05) is 48.5 Å². The van der Waals surface area contributed by atoms with E-state index in [4.69, 9.17) is 17.0 Å². The summed E-state index contributed by atoms with van der Waals surface area (Å²) in [5.74, 6) is 0.332. The van der Waals surface area contributed by atoms with Gasteiger partial charge < -0.3 is 10.1 Å². The predicted molar refractivity (Wildman–Crippen MR) is 119 cm³/mol. The molecule has 0 aromatic heterocycles. The van der Waals surface area contributed by atoms with Gasteiger partial charge in [0.2, 0.25) is 0 Å². The molecule has 2 N–H and O–H groups in total. The fourth-order valence-electron chi connectivity index (χ4n) is 2.96. The molecule has 4 nitrogen and oxygen atoms in total. The molecule has 5 heteroatoms. The summed E-state index contributed by atoms with van der Waals surface area (Å²) in [6.45, 7) is 4.87. The Labute approximate surface area is 173 Å². The molecule has 0 aliphatic carbocycles. The van der Waals surface area contributed by atoms with Crippen molar-refractivity contribution in [3.05, 3.63) is 65.7 Å². The maximum atomic E-state index is 12.7. The lowest BCUT2D eigenvalue weighted by atomic mass is 10.1. The monoisotopic (exact) mass is 398 g/mol. The Hall–Kier alpha value is -2.40. The zero-order chi connectivity index (χ0) is 20.2. The summed E-state index contributed by atoms with van der Waals surface area (Å²) in [4.78, 5) is 12.7. The molecule has 1 amide bonds. The van der Waals surface area contributed by atoms with Gasteiger partial charge in [0.25, 0.3) is 5.91 Å². The average molecular weight is 399 g/mol. The molecule has 0 aliphatic rings. The van der Waals surface area contributed by atoms with Crippen LogP contribution in [0.5, 0.6) is 5.75 Å². The molecule has 2 aromatic carbocycles. The lowest BCUT2D eigenvalue weighted by Crippen LogP contribution is -2.41. The third kappa shape index (κ3) is 6.97. The van der Waals surface area contributed by atoms with Gasteiger partial charge in [0.15, 0.2) is 5.11 Å². The van der Waals surface area contributed by atoms with Crippen molar-refractivity contribution < 1.29 is 9.53 Å². The van der Waals surface area contributed by atoms with Crippen LogP contribution < -0.4 is 15.4 Å². The largest absolute Gasteiger partial charge is 0.493 e. The van der Waals surface area contributed by atoms with Gasteiger partial charge in [-0.1, -0.05) is 75.6 Å². The Morgan fingerprint density at radius 3 is 2.43 bits per heavy atom. The van der Waals surface area contributed by atoms with E-state index in [0.717, 1.165) is 24.8 Å². The summed E-state index contributed by atoms with van der Waals surface area (Å²) in [5, 5.41) is 6.33. The van der Waals surface area contributed by atoms with E-state index in [0.29, 0.717) is 23.0 Å². The van der Waals surface area contributed by atoms with Crippen LogP contribution in [0.25, 0.3) is 0 Å². The summed E-state index contributed by atoms with van der Waals surface area (Å²) in [7, 11) is 0. The van der Waals surface area contributed by atoms with E-state index in [2.05, 4.69) is 24.5 Å². The number of rotatable bonds is 10. The number of amides is 1. The minimum atomic E-state index is -0.260. The highest BCUT2D eigenvalue weighted by molar-refractivity contribution is 7.80. The number of thiocarbonyl (C=S) groups is 1. The molecule has 0 spiro atoms. The van der Waals surface area contributed by atoms with Crippen molar-refractivity contribution in [2.24, 2.45) is 0 Å². The van der Waals surface area contributed by atoms with Gasteiger partial charge in [-0.3, -0.25) is 10.1 Å². The van der Waals surface area contributed by atoms with Crippen molar-refractivity contribution in [2.45, 2.75) is 52.0 Å². The third-order valence-electron chi connectivity index (χ3n) is 4.53. The van der Waals surface area contributed by atoms with Gasteiger partial charge in [0.05, 0.1) is 18.2 Å². The third-order valence-corrected chi connectivity index (χ3v) is 4.75. The van der Waals surface area contributed by atoms with Gasteiger partial charge in [-0.2, -0.15) is 0 Å². The van der Waals surface area contributed by atoms with Crippen molar-refractivity contribution >= 4 is 23.2 Å². The van der Waals surface area contributed by atoms with Crippen molar-refractivity contribution in [3.63, 3.8) is 0 Å². The molecule has 0 saturated heterocycles. The second-order valence-electron chi connectivity index (χ2n) is 6.70. The molecule has 2 rings (SSSR count). The molecule has 0 fully saturated rings. The van der Waals surface area contributed by atoms with Crippen LogP contribution in [-0.4, -0.2) is 17.6 Å². The molecule has 1 unspecified atom stereocenters. The van der Waals surface area contributed by atoms with Gasteiger partial charge in [-0.15, -0.1) is 0 Å². The quantitative estimate of drug-likeness (QED) is 0.415. The molecular weight excluding hydrogens is 368 g/mol. The van der Waals surface area contributed by atoms with Crippen LogP contribution in [0.4, 0.5) is 0 Å². The SMILES string of the molecule is CCCCCCOc1ccccc1C(=O)NC(=S)NC(CC)c1ccccc1. The fourth-order valence-corrected chi connectivity index (χ4v) is 3.20. The first-order valence-corrected chi connectivity index (χ1v) is 10.4. The number of unbranched alkanes of at least 4 members (excludes halogenated alkanes) is 3. The number of hydrogen-bond donors (Lipinski definition) is 2. The van der Waals surface area contributed by atoms with Gasteiger partial charge in [0.1, 0.15) is 5.75 Å². The highest BCUT2D eigenvalue weighted by Gasteiger charge is 2.16. The molecule has 150 valence electrons. The molecule has 0 radical (unpaired) electrons. The zero-order valence-electron chi connectivity index (χ0n) is 16.7. The summed E-state index contributed by atoms with van der Waals surface area (Å²) in [5.41, 5.74) is 1.63. The van der Waals surface area contributed by atoms with Crippen molar-refractivity contribution in [3.8, 4) is 5.75 Å². The van der Waals surface area contributed by atoms with Crippen molar-refractivity contribution in [2.75, 3.05) is 6.61 Å². The number of nitrogens with one attached hydrogen (secondary N) is 2. The second-order valence-corrected chi connectivity index (χ2v) is 7.11. The Kier molecular flexibility index (Phi) is 9.49. The average Bonchev–Trinajstić information content (AvgIpc) is 2.72. The Morgan fingerprint density at radius 1 is 1.00 bits per heavy atom. The first kappa shape index (κ1) is 21.9. The summed E-state index contributed by atoms with van der Waals surface area (Å²) in [6, 6.07) is 17.4. The first-order valence-electron chi connectivity index (χ1n) is 10.0. The first-order chi connectivity index (χ1) is 13.7. The van der Waals surface area contributed by atoms with Crippen molar-refractivity contribution in [1.29, 1.82) is 0 Å². The highest BCUT2D eigenvalue weighted by Crippen LogP contribution is 2.19. The molecule has 2 aromatic rings.